The Bertz CT molecular complexity index is 1390. The Labute approximate surface area is 225 Å². The number of pyridine rings is 1. The molecule has 2 N–H and O–H groups in total. The number of carbonyl (C=O) groups excluding carboxylic acids is 1. The predicted molar refractivity (Wildman–Crippen MR) is 147 cm³/mol. The Morgan fingerprint density at radius 3 is 2.50 bits per heavy atom. The quantitative estimate of drug-likeness (QED) is 0.321. The number of ether oxygens (including phenoxy) is 1. The summed E-state index contributed by atoms with van der Waals surface area (Å²) in [5.41, 5.74) is 0.487. The summed E-state index contributed by atoms with van der Waals surface area (Å²) in [6.07, 6.45) is 3.17. The van der Waals surface area contributed by atoms with Crippen LogP contribution in [0.25, 0.3) is 11.0 Å². The number of fused-ring (bicyclic) bond motifs is 1. The van der Waals surface area contributed by atoms with E-state index in [0.29, 0.717) is 55.9 Å². The molecule has 0 amide bonds. The Kier molecular flexibility index (Phi) is 8.52. The second-order valence-electron chi connectivity index (χ2n) is 8.79. The first-order valence-corrected chi connectivity index (χ1v) is 12.9. The molecule has 1 aromatic carbocycles. The molecule has 1 aliphatic rings. The van der Waals surface area contributed by atoms with Gasteiger partial charge in [-0.05, 0) is 31.6 Å². The van der Waals surface area contributed by atoms with Crippen LogP contribution in [0.15, 0.2) is 47.5 Å². The van der Waals surface area contributed by atoms with Crippen molar-refractivity contribution in [1.82, 2.24) is 24.8 Å². The summed E-state index contributed by atoms with van der Waals surface area (Å²) in [4.78, 5) is 49.6. The highest BCUT2D eigenvalue weighted by Crippen LogP contribution is 2.16. The molecule has 200 valence electrons. The van der Waals surface area contributed by atoms with Gasteiger partial charge in [0.25, 0.3) is 0 Å². The van der Waals surface area contributed by atoms with Crippen LogP contribution in [-0.4, -0.2) is 80.4 Å². The highest BCUT2D eigenvalue weighted by molar-refractivity contribution is 7.80. The van der Waals surface area contributed by atoms with E-state index in [-0.39, 0.29) is 23.5 Å². The zero-order valence-corrected chi connectivity index (χ0v) is 22.1. The minimum Gasteiger partial charge on any atom is -0.477 e. The molecule has 38 heavy (non-hydrogen) atoms. The lowest BCUT2D eigenvalue weighted by Gasteiger charge is -2.37. The molecule has 11 nitrogen and oxygen atoms in total. The number of rotatable bonds is 8. The molecule has 1 atom stereocenters. The van der Waals surface area contributed by atoms with E-state index in [4.69, 9.17) is 17.0 Å². The lowest BCUT2D eigenvalue weighted by molar-refractivity contribution is -0.145. The van der Waals surface area contributed by atoms with Gasteiger partial charge in [-0.3, -0.25) is 4.79 Å². The summed E-state index contributed by atoms with van der Waals surface area (Å²) in [5.74, 6) is -1.18. The number of esters is 1. The van der Waals surface area contributed by atoms with Crippen LogP contribution in [0.3, 0.4) is 0 Å². The van der Waals surface area contributed by atoms with Crippen LogP contribution in [-0.2, 0) is 22.5 Å². The van der Waals surface area contributed by atoms with Crippen molar-refractivity contribution in [2.24, 2.45) is 0 Å². The van der Waals surface area contributed by atoms with Crippen molar-refractivity contribution in [3.05, 3.63) is 64.1 Å². The third-order valence-corrected chi connectivity index (χ3v) is 6.75. The van der Waals surface area contributed by atoms with Gasteiger partial charge >= 0.3 is 11.9 Å². The Morgan fingerprint density at radius 2 is 1.87 bits per heavy atom. The molecule has 12 heteroatoms. The average molecular weight is 539 g/mol. The van der Waals surface area contributed by atoms with Crippen molar-refractivity contribution in [3.63, 3.8) is 0 Å². The van der Waals surface area contributed by atoms with Gasteiger partial charge in [-0.15, -0.1) is 0 Å². The smallest absolute Gasteiger partial charge is 0.341 e. The SMILES string of the molecule is CCOC(=O)[C@@H](Cc1ccccc1)NC(=S)N1CCN(c2ncc3c(=O)c(C(=O)O)cn(CC)c3n2)CC1. The van der Waals surface area contributed by atoms with Crippen LogP contribution in [0, 0.1) is 0 Å². The van der Waals surface area contributed by atoms with Gasteiger partial charge in [0.15, 0.2) is 5.11 Å². The fourth-order valence-electron chi connectivity index (χ4n) is 4.35. The molecule has 0 saturated carbocycles. The molecule has 0 spiro atoms. The van der Waals surface area contributed by atoms with Crippen molar-refractivity contribution < 1.29 is 19.4 Å². The summed E-state index contributed by atoms with van der Waals surface area (Å²) >= 11 is 5.64. The summed E-state index contributed by atoms with van der Waals surface area (Å²) in [6.45, 7) is 6.65. The van der Waals surface area contributed by atoms with Gasteiger partial charge in [-0.2, -0.15) is 4.98 Å². The molecule has 3 aromatic rings. The minimum absolute atomic E-state index is 0.169. The second kappa shape index (κ2) is 12.0. The maximum atomic E-state index is 12.6. The molecule has 3 heterocycles. The van der Waals surface area contributed by atoms with Crippen molar-refractivity contribution in [1.29, 1.82) is 0 Å². The highest BCUT2D eigenvalue weighted by atomic mass is 32.1. The van der Waals surface area contributed by atoms with E-state index in [2.05, 4.69) is 15.3 Å². The number of hydrogen-bond donors (Lipinski definition) is 2. The summed E-state index contributed by atoms with van der Waals surface area (Å²) in [5, 5.41) is 13.2. The van der Waals surface area contributed by atoms with Gasteiger partial charge in [0, 0.05) is 51.5 Å². The molecular weight excluding hydrogens is 508 g/mol. The number of aromatic carboxylic acids is 1. The number of nitrogens with one attached hydrogen (secondary N) is 1. The maximum absolute atomic E-state index is 12.6. The number of carbonyl (C=O) groups is 2. The van der Waals surface area contributed by atoms with Gasteiger partial charge in [0.1, 0.15) is 17.3 Å². The first-order valence-electron chi connectivity index (χ1n) is 12.5. The number of carboxylic acids is 1. The van der Waals surface area contributed by atoms with Crippen molar-refractivity contribution in [2.45, 2.75) is 32.9 Å². The van der Waals surface area contributed by atoms with Crippen molar-refractivity contribution >= 4 is 46.3 Å². The van der Waals surface area contributed by atoms with E-state index in [1.165, 1.54) is 12.4 Å². The van der Waals surface area contributed by atoms with Gasteiger partial charge in [0.2, 0.25) is 11.4 Å². The zero-order chi connectivity index (χ0) is 27.2. The average Bonchev–Trinajstić information content (AvgIpc) is 2.93. The highest BCUT2D eigenvalue weighted by Gasteiger charge is 2.26. The lowest BCUT2D eigenvalue weighted by Crippen LogP contribution is -2.55. The normalized spacial score (nSPS) is 14.3. The summed E-state index contributed by atoms with van der Waals surface area (Å²) in [6, 6.07) is 9.09. The van der Waals surface area contributed by atoms with E-state index in [9.17, 15) is 19.5 Å². The molecule has 0 unspecified atom stereocenters. The van der Waals surface area contributed by atoms with Crippen molar-refractivity contribution in [3.8, 4) is 0 Å². The number of benzene rings is 1. The number of nitrogens with zero attached hydrogens (tertiary/aromatic N) is 5. The van der Waals surface area contributed by atoms with Crippen LogP contribution in [0.2, 0.25) is 0 Å². The fraction of sp³-hybridized carbons (Fsp3) is 0.385. The molecule has 1 saturated heterocycles. The monoisotopic (exact) mass is 538 g/mol. The van der Waals surface area contributed by atoms with Gasteiger partial charge in [-0.25, -0.2) is 14.6 Å². The molecule has 0 bridgehead atoms. The zero-order valence-electron chi connectivity index (χ0n) is 21.3. The lowest BCUT2D eigenvalue weighted by atomic mass is 10.1. The topological polar surface area (TPSA) is 130 Å². The van der Waals surface area contributed by atoms with Gasteiger partial charge < -0.3 is 29.5 Å². The van der Waals surface area contributed by atoms with E-state index >= 15 is 0 Å². The molecule has 0 radical (unpaired) electrons. The number of carboxylic acid groups (broad SMARTS) is 1. The molecule has 2 aromatic heterocycles. The summed E-state index contributed by atoms with van der Waals surface area (Å²) < 4.78 is 6.90. The Hall–Kier alpha value is -4.06. The minimum atomic E-state index is -1.28. The predicted octanol–water partition coefficient (Wildman–Crippen LogP) is 1.68. The summed E-state index contributed by atoms with van der Waals surface area (Å²) in [7, 11) is 0. The number of thiocarbonyl (C=S) groups is 1. The van der Waals surface area contributed by atoms with E-state index < -0.39 is 17.4 Å². The Balaban J connectivity index is 1.45. The second-order valence-corrected chi connectivity index (χ2v) is 9.17. The number of aromatic nitrogens is 3. The first kappa shape index (κ1) is 27.0. The number of piperazine rings is 1. The third-order valence-electron chi connectivity index (χ3n) is 6.37. The van der Waals surface area contributed by atoms with Crippen LogP contribution in [0.4, 0.5) is 5.95 Å². The third kappa shape index (κ3) is 5.91. The first-order chi connectivity index (χ1) is 18.3. The Morgan fingerprint density at radius 1 is 1.16 bits per heavy atom. The van der Waals surface area contributed by atoms with Crippen LogP contribution in [0.1, 0.15) is 29.8 Å². The molecular formula is C26H30N6O5S. The van der Waals surface area contributed by atoms with Gasteiger partial charge in [0.05, 0.1) is 12.0 Å². The van der Waals surface area contributed by atoms with Crippen LogP contribution in [0.5, 0.6) is 0 Å². The van der Waals surface area contributed by atoms with E-state index in [1.807, 2.05) is 47.1 Å². The number of aryl methyl sites for hydroxylation is 1. The maximum Gasteiger partial charge on any atom is 0.341 e. The molecule has 1 aliphatic heterocycles. The molecule has 1 fully saturated rings. The van der Waals surface area contributed by atoms with E-state index in [1.54, 1.807) is 11.5 Å². The van der Waals surface area contributed by atoms with E-state index in [0.717, 1.165) is 5.56 Å². The molecule has 0 aliphatic carbocycles. The molecule has 4 rings (SSSR count). The van der Waals surface area contributed by atoms with Crippen molar-refractivity contribution in [2.75, 3.05) is 37.7 Å². The standard InChI is InChI=1S/C26H30N6O5S/c1-3-30-16-19(23(34)35)21(33)18-15-27-25(29-22(18)30)31-10-12-32(13-11-31)26(38)28-20(24(36)37-4-2)14-17-8-6-5-7-9-17/h5-9,15-16,20H,3-4,10-14H2,1-2H3,(H,28,38)(H,34,35)/t20-/m1/s1. The fourth-order valence-corrected chi connectivity index (χ4v) is 4.67. The largest absolute Gasteiger partial charge is 0.477 e. The van der Waals surface area contributed by atoms with Crippen LogP contribution < -0.4 is 15.6 Å². The van der Waals surface area contributed by atoms with Crippen LogP contribution >= 0.6 is 12.2 Å². The number of hydrogen-bond acceptors (Lipinski definition) is 8. The number of anilines is 1. The van der Waals surface area contributed by atoms with Gasteiger partial charge in [-0.1, -0.05) is 30.3 Å².